The maximum atomic E-state index is 14.4. The minimum absolute atomic E-state index is 0.114. The van der Waals surface area contributed by atoms with Crippen LogP contribution in [0, 0.1) is 17.8 Å². The number of fused-ring (bicyclic) bond motifs is 5. The molecule has 6 heterocycles. The molecule has 117 heavy (non-hydrogen) atoms. The van der Waals surface area contributed by atoms with Gasteiger partial charge in [0, 0.05) is 72.8 Å². The van der Waals surface area contributed by atoms with Crippen molar-refractivity contribution in [1.29, 1.82) is 0 Å². The molecule has 638 valence electrons. The highest BCUT2D eigenvalue weighted by molar-refractivity contribution is 7.90. The zero-order valence-corrected chi connectivity index (χ0v) is 68.8. The number of unbranched alkanes of at least 4 members (excludes halogenated alkanes) is 1. The summed E-state index contributed by atoms with van der Waals surface area (Å²) in [5.41, 5.74) is 2.64. The predicted molar refractivity (Wildman–Crippen MR) is 422 cm³/mol. The number of benzene rings is 2. The molecular weight excluding hydrogens is 1570 g/mol. The van der Waals surface area contributed by atoms with Crippen LogP contribution in [0.25, 0.3) is 22.3 Å². The van der Waals surface area contributed by atoms with E-state index in [1.807, 2.05) is 24.3 Å². The largest absolute Gasteiger partial charge is 0.510 e. The molecule has 0 fully saturated rings. The number of pyridine rings is 2. The number of nitrogens with one attached hydrogen (secondary N) is 5. The summed E-state index contributed by atoms with van der Waals surface area (Å²) in [6.07, 6.45) is 6.89. The van der Waals surface area contributed by atoms with Gasteiger partial charge in [-0.2, -0.15) is 4.31 Å². The molecule has 0 radical (unpaired) electrons. The van der Waals surface area contributed by atoms with Gasteiger partial charge in [-0.05, 0) is 81.3 Å². The van der Waals surface area contributed by atoms with Crippen LogP contribution < -0.4 is 32.1 Å². The molecular formula is C78H105N13O24S2. The third-order valence-electron chi connectivity index (χ3n) is 18.2. The zero-order chi connectivity index (χ0) is 84.3. The normalized spacial score (nSPS) is 14.2. The van der Waals surface area contributed by atoms with Gasteiger partial charge in [-0.25, -0.2) is 46.1 Å². The molecule has 3 atom stereocenters. The highest BCUT2D eigenvalue weighted by Gasteiger charge is 2.51. The molecule has 0 spiro atoms. The van der Waals surface area contributed by atoms with Crippen LogP contribution in [-0.2, 0) is 150 Å². The number of carbonyl (C=O) groups excluding carboxylic acids is 7. The predicted octanol–water partition coefficient (Wildman–Crippen LogP) is 2.83. The molecule has 5 amide bonds. The van der Waals surface area contributed by atoms with Crippen molar-refractivity contribution in [3.8, 4) is 23.2 Å². The lowest BCUT2D eigenvalue weighted by molar-refractivity contribution is -0.175. The number of hydrogen-bond acceptors (Lipinski definition) is 29. The molecule has 2 aliphatic rings. The number of sulfonamides is 1. The Labute approximate surface area is 679 Å². The van der Waals surface area contributed by atoms with Gasteiger partial charge in [0.05, 0.1) is 166 Å². The number of rotatable bonds is 52. The monoisotopic (exact) mass is 1670 g/mol. The smallest absolute Gasteiger partial charge is 0.457 e. The van der Waals surface area contributed by atoms with Crippen molar-refractivity contribution in [1.82, 2.24) is 60.1 Å². The second-order valence-corrected chi connectivity index (χ2v) is 31.6. The van der Waals surface area contributed by atoms with Crippen LogP contribution in [0.2, 0.25) is 0 Å². The van der Waals surface area contributed by atoms with Gasteiger partial charge >= 0.3 is 12.1 Å². The van der Waals surface area contributed by atoms with E-state index >= 15 is 0 Å². The fraction of sp³-hybridized carbons (Fsp3) is 0.551. The first kappa shape index (κ1) is 92.7. The molecule has 8 rings (SSSR count). The van der Waals surface area contributed by atoms with Gasteiger partial charge in [0.15, 0.2) is 0 Å². The number of cyclic esters (lactones) is 1. The molecule has 0 saturated carbocycles. The number of ether oxygens (including phenoxy) is 12. The third kappa shape index (κ3) is 29.3. The summed E-state index contributed by atoms with van der Waals surface area (Å²) in [6.45, 7) is 15.5. The van der Waals surface area contributed by atoms with Crippen LogP contribution in [0.4, 0.5) is 10.5 Å². The van der Waals surface area contributed by atoms with E-state index < -0.39 is 98.0 Å². The van der Waals surface area contributed by atoms with Crippen molar-refractivity contribution in [2.24, 2.45) is 5.92 Å². The van der Waals surface area contributed by atoms with Gasteiger partial charge in [0.1, 0.15) is 44.2 Å². The van der Waals surface area contributed by atoms with E-state index in [-0.39, 0.29) is 93.7 Å². The Kier molecular flexibility index (Phi) is 37.2. The molecule has 5 N–H and O–H groups in total. The number of nitrogens with zero attached hydrogens (tertiary/aromatic N) is 8. The van der Waals surface area contributed by atoms with Gasteiger partial charge in [-0.15, -0.1) is 5.10 Å². The number of carbonyl (C=O) groups is 7. The second-order valence-electron chi connectivity index (χ2n) is 27.7. The average molecular weight is 1670 g/mol. The summed E-state index contributed by atoms with van der Waals surface area (Å²) < 4.78 is 120. The molecule has 6 aromatic rings. The van der Waals surface area contributed by atoms with Crippen molar-refractivity contribution in [3.63, 3.8) is 0 Å². The van der Waals surface area contributed by atoms with Gasteiger partial charge < -0.3 is 88.0 Å². The second kappa shape index (κ2) is 46.9. The van der Waals surface area contributed by atoms with Crippen molar-refractivity contribution >= 4 is 78.1 Å². The highest BCUT2D eigenvalue weighted by Crippen LogP contribution is 2.42. The standard InChI is InChI=1S/C78H105N13O24S2/c1-9-78(64-43-66-71-62(48-90(66)74(97)63(64)50-113-75(78)98)60(61-16-13-14-17-65(61)85-71)23-25-91(54(4)5)117(8,102)103)115-77(99)114-49-56-19-21-58(22-20-56)84-72(95)55(6)83-73(96)70(53(2)3)86-69(94)52-112-51-68(93)79-24-27-104-29-31-106-33-35-108-37-39-110-41-42-111-40-38-109-36-34-107-32-30-105-28-26-89-47-59(87-88-89)46-80-67(92)18-12-10-11-15-57-44-81-76(82-45-57)116(7,100)101/h13-14,16-17,19-22,43-45,47,53-55,70H,9-10,12,18,23-42,46,48-52H2,1-8H3,(H,79,93)(H,80,92)(H,83,96)(H,84,95)(H,86,94)/t55-,70-,78-/m0/s1. The Morgan fingerprint density at radius 3 is 1.91 bits per heavy atom. The van der Waals surface area contributed by atoms with Gasteiger partial charge in [-0.1, -0.05) is 68.2 Å². The summed E-state index contributed by atoms with van der Waals surface area (Å²) >= 11 is 0. The van der Waals surface area contributed by atoms with Crippen molar-refractivity contribution in [2.45, 2.75) is 135 Å². The lowest BCUT2D eigenvalue weighted by atomic mass is 9.85. The van der Waals surface area contributed by atoms with Crippen LogP contribution in [0.5, 0.6) is 0 Å². The summed E-state index contributed by atoms with van der Waals surface area (Å²) in [6, 6.07) is 12.9. The molecule has 0 saturated heterocycles. The maximum absolute atomic E-state index is 14.4. The van der Waals surface area contributed by atoms with E-state index in [1.165, 1.54) is 34.4 Å². The Morgan fingerprint density at radius 1 is 0.701 bits per heavy atom. The first-order valence-corrected chi connectivity index (χ1v) is 42.2. The number of para-hydroxylation sites is 1. The lowest BCUT2D eigenvalue weighted by Gasteiger charge is -2.35. The lowest BCUT2D eigenvalue weighted by Crippen LogP contribution is -2.54. The molecule has 37 nitrogen and oxygen atoms in total. The summed E-state index contributed by atoms with van der Waals surface area (Å²) in [7, 11) is -7.03. The Balaban J connectivity index is 0.586. The van der Waals surface area contributed by atoms with Gasteiger partial charge in [-0.3, -0.25) is 28.8 Å². The molecule has 0 unspecified atom stereocenters. The zero-order valence-electron chi connectivity index (χ0n) is 67.1. The van der Waals surface area contributed by atoms with Crippen LogP contribution in [-0.4, -0.2) is 260 Å². The molecule has 0 bridgehead atoms. The number of hydrogen-bond donors (Lipinski definition) is 5. The third-order valence-corrected chi connectivity index (χ3v) is 20.5. The topological polar surface area (TPSA) is 453 Å². The number of anilines is 1. The van der Waals surface area contributed by atoms with Gasteiger partial charge in [0.2, 0.25) is 60.2 Å². The van der Waals surface area contributed by atoms with Crippen LogP contribution in [0.3, 0.4) is 0 Å². The quantitative estimate of drug-likeness (QED) is 0.0158. The minimum Gasteiger partial charge on any atom is -0.457 e. The molecule has 2 aliphatic heterocycles. The fourth-order valence-electron chi connectivity index (χ4n) is 12.2. The highest BCUT2D eigenvalue weighted by atomic mass is 32.2. The molecule has 4 aromatic heterocycles. The van der Waals surface area contributed by atoms with Crippen molar-refractivity contribution < 1.29 is 107 Å². The molecule has 0 aliphatic carbocycles. The van der Waals surface area contributed by atoms with E-state index in [4.69, 9.17) is 61.8 Å². The Bertz CT molecular complexity index is 4670. The summed E-state index contributed by atoms with van der Waals surface area (Å²) in [5, 5.41) is 22.1. The fourth-order valence-corrected chi connectivity index (χ4v) is 13.9. The van der Waals surface area contributed by atoms with Crippen LogP contribution in [0.15, 0.2) is 83.1 Å². The van der Waals surface area contributed by atoms with E-state index in [9.17, 15) is 55.2 Å². The molecule has 2 aromatic carbocycles. The minimum atomic E-state index is -3.55. The molecule has 39 heteroatoms. The van der Waals surface area contributed by atoms with Crippen molar-refractivity contribution in [2.75, 3.05) is 150 Å². The van der Waals surface area contributed by atoms with Crippen LogP contribution in [0.1, 0.15) is 106 Å². The Morgan fingerprint density at radius 2 is 1.31 bits per heavy atom. The van der Waals surface area contributed by atoms with Crippen molar-refractivity contribution in [3.05, 3.63) is 123 Å². The van der Waals surface area contributed by atoms with E-state index in [1.54, 1.807) is 75.8 Å². The SMILES string of the molecule is CC[C@@]1(OC(=O)OCc2ccc(NC(=O)[C@H](C)NC(=O)[C@@H](NC(=O)COCC(=O)NCCOCCOCCOCCOCCOCCOCCOCCOCCn3cc(CNC(=O)CCCC#Cc4cnc(S(C)(=O)=O)nc4)nn3)C(C)C)cc2)C(=O)OCc2c1cc1n(c2=O)Cc2c-1nc1ccccc1c2CCN(C(C)C)S(C)(=O)=O. The number of esters is 1. The Hall–Kier alpha value is -9.83. The summed E-state index contributed by atoms with van der Waals surface area (Å²) in [5.74, 6) is 1.95. The van der Waals surface area contributed by atoms with E-state index in [0.29, 0.717) is 158 Å². The van der Waals surface area contributed by atoms with E-state index in [0.717, 1.165) is 22.8 Å². The number of amides is 5. The number of sulfone groups is 1. The summed E-state index contributed by atoms with van der Waals surface area (Å²) in [4.78, 5) is 118. The van der Waals surface area contributed by atoms with Crippen LogP contribution >= 0.6 is 0 Å². The average Bonchev–Trinajstić information content (AvgIpc) is 1.57. The first-order valence-electron chi connectivity index (χ1n) is 38.5. The first-order chi connectivity index (χ1) is 56.1. The van der Waals surface area contributed by atoms with Gasteiger partial charge in [0.25, 0.3) is 5.56 Å². The maximum Gasteiger partial charge on any atom is 0.510 e. The number of aromatic nitrogens is 7. The van der Waals surface area contributed by atoms with E-state index in [2.05, 4.69) is 58.7 Å².